The minimum Gasteiger partial charge on any atom is -0.493 e. The lowest BCUT2D eigenvalue weighted by Crippen LogP contribution is -2.08. The van der Waals surface area contributed by atoms with Gasteiger partial charge in [-0.25, -0.2) is 9.97 Å². The molecule has 7 nitrogen and oxygen atoms in total. The maximum Gasteiger partial charge on any atom is 0.229 e. The van der Waals surface area contributed by atoms with E-state index in [9.17, 15) is 0 Å². The molecule has 7 heteroatoms. The van der Waals surface area contributed by atoms with Crippen LogP contribution in [0.4, 0.5) is 5.82 Å². The fraction of sp³-hybridized carbons (Fsp3) is 0.148. The van der Waals surface area contributed by atoms with E-state index >= 15 is 0 Å². The number of aromatic nitrogens is 3. The maximum atomic E-state index is 6.11. The van der Waals surface area contributed by atoms with E-state index in [0.29, 0.717) is 46.8 Å². The Balaban J connectivity index is 1.46. The summed E-state index contributed by atoms with van der Waals surface area (Å²) in [6.07, 6.45) is 0.756. The van der Waals surface area contributed by atoms with Crippen LogP contribution >= 0.6 is 0 Å². The SMILES string of the molecule is COc1ccc(CCNc2nc(-c3ccccc3)nc3nc(-c4ccccc4)oc23)cc1OC. The van der Waals surface area contributed by atoms with Gasteiger partial charge in [-0.1, -0.05) is 54.6 Å². The number of hydrogen-bond acceptors (Lipinski definition) is 7. The quantitative estimate of drug-likeness (QED) is 0.327. The summed E-state index contributed by atoms with van der Waals surface area (Å²) in [4.78, 5) is 14.1. The van der Waals surface area contributed by atoms with Crippen LogP contribution < -0.4 is 14.8 Å². The molecule has 1 N–H and O–H groups in total. The zero-order valence-corrected chi connectivity index (χ0v) is 19.0. The lowest BCUT2D eigenvalue weighted by molar-refractivity contribution is 0.354. The molecule has 0 aliphatic heterocycles. The molecule has 170 valence electrons. The van der Waals surface area contributed by atoms with Crippen LogP contribution in [0.5, 0.6) is 11.5 Å². The predicted molar refractivity (Wildman–Crippen MR) is 132 cm³/mol. The molecule has 34 heavy (non-hydrogen) atoms. The van der Waals surface area contributed by atoms with Crippen molar-refractivity contribution in [1.29, 1.82) is 0 Å². The number of anilines is 1. The number of rotatable bonds is 8. The van der Waals surface area contributed by atoms with Crippen LogP contribution in [-0.2, 0) is 6.42 Å². The van der Waals surface area contributed by atoms with E-state index in [-0.39, 0.29) is 0 Å². The van der Waals surface area contributed by atoms with Gasteiger partial charge in [-0.3, -0.25) is 0 Å². The summed E-state index contributed by atoms with van der Waals surface area (Å²) in [5.74, 6) is 3.13. The summed E-state index contributed by atoms with van der Waals surface area (Å²) in [6, 6.07) is 25.5. The normalized spacial score (nSPS) is 10.9. The number of nitrogens with one attached hydrogen (secondary N) is 1. The van der Waals surface area contributed by atoms with Crippen LogP contribution in [0, 0.1) is 0 Å². The third kappa shape index (κ3) is 4.41. The van der Waals surface area contributed by atoms with E-state index in [1.165, 1.54) is 0 Å². The van der Waals surface area contributed by atoms with Crippen molar-refractivity contribution >= 4 is 17.0 Å². The van der Waals surface area contributed by atoms with Crippen LogP contribution in [0.15, 0.2) is 83.3 Å². The van der Waals surface area contributed by atoms with E-state index in [4.69, 9.17) is 18.9 Å². The molecule has 2 aromatic heterocycles. The summed E-state index contributed by atoms with van der Waals surface area (Å²) in [5.41, 5.74) is 3.96. The number of hydrogen-bond donors (Lipinski definition) is 1. The van der Waals surface area contributed by atoms with E-state index in [2.05, 4.69) is 15.3 Å². The molecule has 0 saturated heterocycles. The molecule has 0 spiro atoms. The number of fused-ring (bicyclic) bond motifs is 1. The Hall–Kier alpha value is -4.39. The second-order valence-electron chi connectivity index (χ2n) is 7.67. The first-order valence-corrected chi connectivity index (χ1v) is 11.0. The first kappa shape index (κ1) is 21.5. The smallest absolute Gasteiger partial charge is 0.229 e. The van der Waals surface area contributed by atoms with Crippen molar-refractivity contribution in [1.82, 2.24) is 15.0 Å². The Labute approximate surface area is 197 Å². The zero-order chi connectivity index (χ0) is 23.3. The largest absolute Gasteiger partial charge is 0.493 e. The van der Waals surface area contributed by atoms with Gasteiger partial charge < -0.3 is 19.2 Å². The Bertz CT molecular complexity index is 1400. The molecule has 5 aromatic rings. The monoisotopic (exact) mass is 452 g/mol. The Morgan fingerprint density at radius 1 is 0.765 bits per heavy atom. The molecule has 0 saturated carbocycles. The Kier molecular flexibility index (Phi) is 6.07. The van der Waals surface area contributed by atoms with Crippen molar-refractivity contribution in [2.45, 2.75) is 6.42 Å². The van der Waals surface area contributed by atoms with Gasteiger partial charge in [0.1, 0.15) is 0 Å². The van der Waals surface area contributed by atoms with E-state index < -0.39 is 0 Å². The summed E-state index contributed by atoms with van der Waals surface area (Å²) in [7, 11) is 3.27. The average Bonchev–Trinajstić information content (AvgIpc) is 3.34. The number of benzene rings is 3. The van der Waals surface area contributed by atoms with Crippen molar-refractivity contribution < 1.29 is 13.9 Å². The second kappa shape index (κ2) is 9.62. The highest BCUT2D eigenvalue weighted by Gasteiger charge is 2.17. The molecule has 0 amide bonds. The first-order valence-electron chi connectivity index (χ1n) is 11.0. The molecule has 0 bridgehead atoms. The number of oxazole rings is 1. The van der Waals surface area contributed by atoms with Crippen LogP contribution in [-0.4, -0.2) is 35.7 Å². The second-order valence-corrected chi connectivity index (χ2v) is 7.67. The number of methoxy groups -OCH3 is 2. The van der Waals surface area contributed by atoms with Gasteiger partial charge in [0, 0.05) is 17.7 Å². The lowest BCUT2D eigenvalue weighted by atomic mass is 10.1. The molecular weight excluding hydrogens is 428 g/mol. The maximum absolute atomic E-state index is 6.11. The van der Waals surface area contributed by atoms with E-state index in [1.54, 1.807) is 14.2 Å². The molecule has 0 aliphatic carbocycles. The number of ether oxygens (including phenoxy) is 2. The molecule has 2 heterocycles. The topological polar surface area (TPSA) is 82.3 Å². The minimum absolute atomic E-state index is 0.512. The van der Waals surface area contributed by atoms with Crippen molar-refractivity contribution in [2.24, 2.45) is 0 Å². The molecule has 5 rings (SSSR count). The molecule has 3 aromatic carbocycles. The van der Waals surface area contributed by atoms with Gasteiger partial charge in [0.15, 0.2) is 23.1 Å². The summed E-state index contributed by atoms with van der Waals surface area (Å²) in [5, 5.41) is 3.42. The van der Waals surface area contributed by atoms with Gasteiger partial charge in [0.25, 0.3) is 0 Å². The highest BCUT2D eigenvalue weighted by atomic mass is 16.5. The van der Waals surface area contributed by atoms with Gasteiger partial charge in [-0.05, 0) is 36.2 Å². The Morgan fingerprint density at radius 2 is 1.47 bits per heavy atom. The molecule has 0 aliphatic rings. The third-order valence-electron chi connectivity index (χ3n) is 5.46. The predicted octanol–water partition coefficient (Wildman–Crippen LogP) is 5.62. The van der Waals surface area contributed by atoms with Crippen LogP contribution in [0.3, 0.4) is 0 Å². The summed E-state index contributed by atoms with van der Waals surface area (Å²) in [6.45, 7) is 0.636. The standard InChI is InChI=1S/C27H24N4O3/c1-32-21-14-13-18(17-22(21)33-2)15-16-28-25-23-26(30-24(29-25)19-9-5-3-6-10-19)31-27(34-23)20-11-7-4-8-12-20/h3-14,17H,15-16H2,1-2H3,(H,28,29,30). The first-order chi connectivity index (χ1) is 16.7. The average molecular weight is 453 g/mol. The summed E-state index contributed by atoms with van der Waals surface area (Å²) >= 11 is 0. The third-order valence-corrected chi connectivity index (χ3v) is 5.46. The van der Waals surface area contributed by atoms with Gasteiger partial charge in [0.05, 0.1) is 14.2 Å². The fourth-order valence-corrected chi connectivity index (χ4v) is 3.73. The lowest BCUT2D eigenvalue weighted by Gasteiger charge is -2.11. The van der Waals surface area contributed by atoms with Crippen molar-refractivity contribution in [3.05, 3.63) is 84.4 Å². The number of nitrogens with zero attached hydrogens (tertiary/aromatic N) is 3. The highest BCUT2D eigenvalue weighted by Crippen LogP contribution is 2.30. The van der Waals surface area contributed by atoms with Crippen LogP contribution in [0.1, 0.15) is 5.56 Å². The molecule has 0 atom stereocenters. The van der Waals surface area contributed by atoms with Crippen molar-refractivity contribution in [2.75, 3.05) is 26.1 Å². The molecule has 0 unspecified atom stereocenters. The Morgan fingerprint density at radius 3 is 2.18 bits per heavy atom. The summed E-state index contributed by atoms with van der Waals surface area (Å²) < 4.78 is 16.9. The van der Waals surface area contributed by atoms with Crippen molar-refractivity contribution in [3.63, 3.8) is 0 Å². The van der Waals surface area contributed by atoms with Gasteiger partial charge in [0.2, 0.25) is 17.1 Å². The van der Waals surface area contributed by atoms with Gasteiger partial charge in [-0.15, -0.1) is 0 Å². The molecule has 0 fully saturated rings. The molecular formula is C27H24N4O3. The zero-order valence-electron chi connectivity index (χ0n) is 19.0. The highest BCUT2D eigenvalue weighted by molar-refractivity contribution is 5.84. The van der Waals surface area contributed by atoms with E-state index in [1.807, 2.05) is 78.9 Å². The van der Waals surface area contributed by atoms with E-state index in [0.717, 1.165) is 23.1 Å². The van der Waals surface area contributed by atoms with Crippen LogP contribution in [0.25, 0.3) is 34.1 Å². The van der Waals surface area contributed by atoms with Crippen molar-refractivity contribution in [3.8, 4) is 34.3 Å². The fourth-order valence-electron chi connectivity index (χ4n) is 3.73. The van der Waals surface area contributed by atoms with Gasteiger partial charge in [-0.2, -0.15) is 4.98 Å². The van der Waals surface area contributed by atoms with Gasteiger partial charge >= 0.3 is 0 Å². The minimum atomic E-state index is 0.512. The van der Waals surface area contributed by atoms with Crippen LogP contribution in [0.2, 0.25) is 0 Å². The molecule has 0 radical (unpaired) electrons.